The summed E-state index contributed by atoms with van der Waals surface area (Å²) in [5.74, 6) is -0.701. The molecule has 0 unspecified atom stereocenters. The van der Waals surface area contributed by atoms with Gasteiger partial charge < -0.3 is 20.2 Å². The van der Waals surface area contributed by atoms with Crippen molar-refractivity contribution in [2.24, 2.45) is 0 Å². The van der Waals surface area contributed by atoms with Crippen molar-refractivity contribution < 1.29 is 23.9 Å². The van der Waals surface area contributed by atoms with Gasteiger partial charge in [-0.25, -0.2) is 0 Å². The molecule has 0 aliphatic rings. The highest BCUT2D eigenvalue weighted by molar-refractivity contribution is 6.02. The molecule has 0 spiro atoms. The summed E-state index contributed by atoms with van der Waals surface area (Å²) in [6.45, 7) is 3.58. The van der Waals surface area contributed by atoms with Crippen molar-refractivity contribution in [2.45, 2.75) is 33.1 Å². The van der Waals surface area contributed by atoms with Crippen molar-refractivity contribution in [3.63, 3.8) is 0 Å². The Morgan fingerprint density at radius 2 is 1.77 bits per heavy atom. The molecule has 2 amide bonds. The Balaban J connectivity index is 1.96. The zero-order valence-corrected chi connectivity index (χ0v) is 14.8. The Bertz CT molecular complexity index is 771. The summed E-state index contributed by atoms with van der Waals surface area (Å²) >= 11 is 0. The average Bonchev–Trinajstić information content (AvgIpc) is 3.05. The van der Waals surface area contributed by atoms with E-state index in [1.165, 1.54) is 0 Å². The first-order valence-corrected chi connectivity index (χ1v) is 8.43. The average molecular weight is 358 g/mol. The second kappa shape index (κ2) is 8.84. The normalized spacial score (nSPS) is 10.4. The van der Waals surface area contributed by atoms with Crippen LogP contribution in [-0.2, 0) is 28.9 Å². The zero-order valence-electron chi connectivity index (χ0n) is 14.8. The quantitative estimate of drug-likeness (QED) is 0.671. The summed E-state index contributed by atoms with van der Waals surface area (Å²) in [6.07, 6.45) is 1.60. The Labute approximate surface area is 151 Å². The van der Waals surface area contributed by atoms with Gasteiger partial charge in [0.05, 0.1) is 6.42 Å². The van der Waals surface area contributed by atoms with E-state index in [-0.39, 0.29) is 24.0 Å². The summed E-state index contributed by atoms with van der Waals surface area (Å²) in [5.41, 5.74) is 2.32. The highest BCUT2D eigenvalue weighted by atomic mass is 16.4. The molecular formula is C19H22N2O5. The highest BCUT2D eigenvalue weighted by Gasteiger charge is 2.15. The van der Waals surface area contributed by atoms with Crippen molar-refractivity contribution in [3.05, 3.63) is 53.0 Å². The number of hydrogen-bond donors (Lipinski definition) is 3. The van der Waals surface area contributed by atoms with Crippen LogP contribution in [0.5, 0.6) is 0 Å². The zero-order chi connectivity index (χ0) is 19.1. The fourth-order valence-electron chi connectivity index (χ4n) is 2.50. The molecule has 0 saturated heterocycles. The van der Waals surface area contributed by atoms with E-state index in [1.54, 1.807) is 30.3 Å². The fourth-order valence-corrected chi connectivity index (χ4v) is 2.50. The molecule has 138 valence electrons. The van der Waals surface area contributed by atoms with E-state index in [9.17, 15) is 14.4 Å². The standard InChI is InChI=1S/C19H22N2O5/c1-3-13-10-16(26-15(13)4-2)19(25)21-14-7-5-12(6-8-14)9-17(22)20-11-18(23)24/h5-8,10H,3-4,9,11H2,1-2H3,(H,20,22)(H,21,25)(H,23,24). The molecule has 0 aliphatic carbocycles. The Morgan fingerprint density at radius 3 is 2.31 bits per heavy atom. The number of amides is 2. The van der Waals surface area contributed by atoms with Crippen LogP contribution in [0.15, 0.2) is 34.7 Å². The van der Waals surface area contributed by atoms with Crippen LogP contribution in [-0.4, -0.2) is 29.4 Å². The number of aliphatic carboxylic acids is 1. The number of furan rings is 1. The van der Waals surface area contributed by atoms with Gasteiger partial charge in [-0.3, -0.25) is 14.4 Å². The minimum atomic E-state index is -1.09. The van der Waals surface area contributed by atoms with E-state index in [0.29, 0.717) is 11.3 Å². The maximum atomic E-state index is 12.3. The molecule has 2 aromatic rings. The Hall–Kier alpha value is -3.09. The van der Waals surface area contributed by atoms with Gasteiger partial charge in [-0.2, -0.15) is 0 Å². The first-order valence-electron chi connectivity index (χ1n) is 8.43. The van der Waals surface area contributed by atoms with Gasteiger partial charge in [0.2, 0.25) is 5.91 Å². The maximum Gasteiger partial charge on any atom is 0.322 e. The molecule has 0 radical (unpaired) electrons. The SMILES string of the molecule is CCc1cc(C(=O)Nc2ccc(CC(=O)NCC(=O)O)cc2)oc1CC. The van der Waals surface area contributed by atoms with Crippen LogP contribution in [0.2, 0.25) is 0 Å². The summed E-state index contributed by atoms with van der Waals surface area (Å²) in [4.78, 5) is 34.3. The molecule has 0 aliphatic heterocycles. The molecule has 0 bridgehead atoms. The monoisotopic (exact) mass is 358 g/mol. The van der Waals surface area contributed by atoms with Gasteiger partial charge in [-0.05, 0) is 35.7 Å². The lowest BCUT2D eigenvalue weighted by Crippen LogP contribution is -2.30. The molecule has 1 heterocycles. The molecule has 2 rings (SSSR count). The second-order valence-corrected chi connectivity index (χ2v) is 5.76. The largest absolute Gasteiger partial charge is 0.480 e. The lowest BCUT2D eigenvalue weighted by Gasteiger charge is -2.06. The van der Waals surface area contributed by atoms with E-state index in [2.05, 4.69) is 10.6 Å². The summed E-state index contributed by atoms with van der Waals surface area (Å²) < 4.78 is 5.60. The van der Waals surface area contributed by atoms with Crippen molar-refractivity contribution in [1.29, 1.82) is 0 Å². The second-order valence-electron chi connectivity index (χ2n) is 5.76. The van der Waals surface area contributed by atoms with Crippen LogP contribution in [0.25, 0.3) is 0 Å². The van der Waals surface area contributed by atoms with E-state index >= 15 is 0 Å². The van der Waals surface area contributed by atoms with Gasteiger partial charge in [-0.15, -0.1) is 0 Å². The van der Waals surface area contributed by atoms with Crippen LogP contribution < -0.4 is 10.6 Å². The number of aryl methyl sites for hydroxylation is 2. The van der Waals surface area contributed by atoms with Gasteiger partial charge in [0, 0.05) is 12.1 Å². The van der Waals surface area contributed by atoms with Gasteiger partial charge in [0.1, 0.15) is 12.3 Å². The lowest BCUT2D eigenvalue weighted by atomic mass is 10.1. The fraction of sp³-hybridized carbons (Fsp3) is 0.316. The first kappa shape index (κ1) is 19.2. The third-order valence-corrected chi connectivity index (χ3v) is 3.84. The lowest BCUT2D eigenvalue weighted by molar-refractivity contribution is -0.137. The van der Waals surface area contributed by atoms with Crippen LogP contribution in [0.4, 0.5) is 5.69 Å². The number of carboxylic acids is 1. The van der Waals surface area contributed by atoms with Crippen molar-refractivity contribution in [2.75, 3.05) is 11.9 Å². The molecule has 7 heteroatoms. The number of carbonyl (C=O) groups excluding carboxylic acids is 2. The number of carboxylic acid groups (broad SMARTS) is 1. The molecule has 26 heavy (non-hydrogen) atoms. The third-order valence-electron chi connectivity index (χ3n) is 3.84. The van der Waals surface area contributed by atoms with Gasteiger partial charge in [0.25, 0.3) is 5.91 Å². The number of nitrogens with one attached hydrogen (secondary N) is 2. The summed E-state index contributed by atoms with van der Waals surface area (Å²) in [6, 6.07) is 8.53. The number of benzene rings is 1. The van der Waals surface area contributed by atoms with Crippen LogP contribution in [0.3, 0.4) is 0 Å². The molecule has 0 fully saturated rings. The van der Waals surface area contributed by atoms with Gasteiger partial charge in [0.15, 0.2) is 5.76 Å². The van der Waals surface area contributed by atoms with Gasteiger partial charge >= 0.3 is 5.97 Å². The molecular weight excluding hydrogens is 336 g/mol. The summed E-state index contributed by atoms with van der Waals surface area (Å²) in [5, 5.41) is 13.6. The van der Waals surface area contributed by atoms with E-state index in [4.69, 9.17) is 9.52 Å². The number of rotatable bonds is 8. The molecule has 1 aromatic carbocycles. The van der Waals surface area contributed by atoms with Crippen molar-refractivity contribution in [3.8, 4) is 0 Å². The first-order chi connectivity index (χ1) is 12.4. The Morgan fingerprint density at radius 1 is 1.08 bits per heavy atom. The van der Waals surface area contributed by atoms with E-state index in [1.807, 2.05) is 13.8 Å². The molecule has 0 atom stereocenters. The third kappa shape index (κ3) is 5.20. The van der Waals surface area contributed by atoms with Crippen LogP contribution in [0.1, 0.15) is 41.3 Å². The van der Waals surface area contributed by atoms with Crippen LogP contribution in [0, 0.1) is 0 Å². The van der Waals surface area contributed by atoms with Crippen molar-refractivity contribution in [1.82, 2.24) is 5.32 Å². The predicted octanol–water partition coefficient (Wildman–Crippen LogP) is 2.40. The smallest absolute Gasteiger partial charge is 0.322 e. The minimum absolute atomic E-state index is 0.0689. The maximum absolute atomic E-state index is 12.3. The van der Waals surface area contributed by atoms with Crippen LogP contribution >= 0.6 is 0 Å². The molecule has 1 aromatic heterocycles. The highest BCUT2D eigenvalue weighted by Crippen LogP contribution is 2.19. The number of hydrogen-bond acceptors (Lipinski definition) is 4. The van der Waals surface area contributed by atoms with Crippen molar-refractivity contribution >= 4 is 23.5 Å². The minimum Gasteiger partial charge on any atom is -0.480 e. The summed E-state index contributed by atoms with van der Waals surface area (Å²) in [7, 11) is 0. The number of carbonyl (C=O) groups is 3. The van der Waals surface area contributed by atoms with E-state index in [0.717, 1.165) is 24.2 Å². The molecule has 3 N–H and O–H groups in total. The molecule has 0 saturated carbocycles. The number of anilines is 1. The Kier molecular flexibility index (Phi) is 6.54. The van der Waals surface area contributed by atoms with E-state index < -0.39 is 12.5 Å². The molecule has 7 nitrogen and oxygen atoms in total. The predicted molar refractivity (Wildman–Crippen MR) is 96.2 cm³/mol. The van der Waals surface area contributed by atoms with Gasteiger partial charge in [-0.1, -0.05) is 26.0 Å². The topological polar surface area (TPSA) is 109 Å².